The molecule has 0 spiro atoms. The summed E-state index contributed by atoms with van der Waals surface area (Å²) >= 11 is 0. The maximum Gasteiger partial charge on any atom is 0.253 e. The number of benzene rings is 1. The molecule has 0 aromatic heterocycles. The van der Waals surface area contributed by atoms with Gasteiger partial charge in [0.05, 0.1) is 5.56 Å². The predicted octanol–water partition coefficient (Wildman–Crippen LogP) is 3.82. The Morgan fingerprint density at radius 1 is 1.21 bits per heavy atom. The minimum atomic E-state index is 0.0165. The van der Waals surface area contributed by atoms with Crippen LogP contribution in [0.2, 0.25) is 0 Å². The normalized spacial score (nSPS) is 11.9. The number of carbonyl (C=O) groups is 1. The molecule has 1 unspecified atom stereocenters. The van der Waals surface area contributed by atoms with Crippen molar-refractivity contribution < 1.29 is 4.79 Å². The highest BCUT2D eigenvalue weighted by atomic mass is 16.1. The molecule has 0 heterocycles. The fourth-order valence-corrected chi connectivity index (χ4v) is 1.98. The van der Waals surface area contributed by atoms with Crippen molar-refractivity contribution in [3.63, 3.8) is 0 Å². The first-order chi connectivity index (χ1) is 9.19. The maximum atomic E-state index is 12.3. The summed E-state index contributed by atoms with van der Waals surface area (Å²) in [4.78, 5) is 12.3. The van der Waals surface area contributed by atoms with Crippen LogP contribution in [-0.4, -0.2) is 18.5 Å². The number of amides is 1. The van der Waals surface area contributed by atoms with Crippen LogP contribution >= 0.6 is 0 Å². The molecule has 0 aliphatic rings. The van der Waals surface area contributed by atoms with Gasteiger partial charge in [-0.2, -0.15) is 0 Å². The zero-order valence-corrected chi connectivity index (χ0v) is 12.3. The van der Waals surface area contributed by atoms with Gasteiger partial charge in [0, 0.05) is 18.3 Å². The lowest BCUT2D eigenvalue weighted by Crippen LogP contribution is -2.33. The second-order valence-electron chi connectivity index (χ2n) is 4.99. The minimum Gasteiger partial charge on any atom is -0.384 e. The molecule has 106 valence electrons. The lowest BCUT2D eigenvalue weighted by Gasteiger charge is -2.16. The number of unbranched alkanes of at least 4 members (excludes halogenated alkanes) is 1. The smallest absolute Gasteiger partial charge is 0.253 e. The first kappa shape index (κ1) is 15.5. The molecule has 0 saturated carbocycles. The first-order valence-corrected chi connectivity index (χ1v) is 7.32. The molecule has 0 aliphatic heterocycles. The van der Waals surface area contributed by atoms with E-state index < -0.39 is 0 Å². The molecule has 1 aromatic carbocycles. The molecule has 3 nitrogen and oxygen atoms in total. The van der Waals surface area contributed by atoms with Crippen LogP contribution in [0.4, 0.5) is 5.69 Å². The van der Waals surface area contributed by atoms with Crippen LogP contribution < -0.4 is 10.6 Å². The largest absolute Gasteiger partial charge is 0.384 e. The van der Waals surface area contributed by atoms with E-state index in [1.807, 2.05) is 24.3 Å². The number of para-hydroxylation sites is 1. The summed E-state index contributed by atoms with van der Waals surface area (Å²) in [5.41, 5.74) is 1.66. The number of hydrogen-bond donors (Lipinski definition) is 2. The fourth-order valence-electron chi connectivity index (χ4n) is 1.98. The Morgan fingerprint density at radius 3 is 2.63 bits per heavy atom. The lowest BCUT2D eigenvalue weighted by molar-refractivity contribution is 0.0939. The SMILES string of the molecule is CCCCC(C)NC(=O)c1ccccc1NCCC. The Hall–Kier alpha value is -1.51. The van der Waals surface area contributed by atoms with Gasteiger partial charge in [-0.3, -0.25) is 4.79 Å². The van der Waals surface area contributed by atoms with Crippen LogP contribution in [0.25, 0.3) is 0 Å². The molecule has 1 rings (SSSR count). The van der Waals surface area contributed by atoms with Crippen molar-refractivity contribution in [1.29, 1.82) is 0 Å². The van der Waals surface area contributed by atoms with Gasteiger partial charge < -0.3 is 10.6 Å². The van der Waals surface area contributed by atoms with E-state index >= 15 is 0 Å². The van der Waals surface area contributed by atoms with Crippen molar-refractivity contribution in [3.8, 4) is 0 Å². The number of nitrogens with one attached hydrogen (secondary N) is 2. The summed E-state index contributed by atoms with van der Waals surface area (Å²) < 4.78 is 0. The summed E-state index contributed by atoms with van der Waals surface area (Å²) in [6, 6.07) is 7.92. The summed E-state index contributed by atoms with van der Waals surface area (Å²) in [7, 11) is 0. The molecular formula is C16H26N2O. The summed E-state index contributed by atoms with van der Waals surface area (Å²) in [5, 5.41) is 6.37. The Balaban J connectivity index is 2.65. The molecule has 3 heteroatoms. The Morgan fingerprint density at radius 2 is 1.95 bits per heavy atom. The predicted molar refractivity (Wildman–Crippen MR) is 81.7 cm³/mol. The number of hydrogen-bond acceptors (Lipinski definition) is 2. The maximum absolute atomic E-state index is 12.3. The van der Waals surface area contributed by atoms with Gasteiger partial charge in [0.15, 0.2) is 0 Å². The standard InChI is InChI=1S/C16H26N2O/c1-4-6-9-13(3)18-16(19)14-10-7-8-11-15(14)17-12-5-2/h7-8,10-11,13,17H,4-6,9,12H2,1-3H3,(H,18,19). The van der Waals surface area contributed by atoms with E-state index in [0.29, 0.717) is 0 Å². The first-order valence-electron chi connectivity index (χ1n) is 7.32. The third-order valence-electron chi connectivity index (χ3n) is 3.11. The average molecular weight is 262 g/mol. The number of anilines is 1. The highest BCUT2D eigenvalue weighted by Crippen LogP contribution is 2.15. The number of rotatable bonds is 8. The fraction of sp³-hybridized carbons (Fsp3) is 0.562. The van der Waals surface area contributed by atoms with Crippen molar-refractivity contribution in [2.24, 2.45) is 0 Å². The van der Waals surface area contributed by atoms with E-state index in [1.54, 1.807) is 0 Å². The van der Waals surface area contributed by atoms with E-state index in [4.69, 9.17) is 0 Å². The van der Waals surface area contributed by atoms with Gasteiger partial charge in [0.25, 0.3) is 5.91 Å². The topological polar surface area (TPSA) is 41.1 Å². The zero-order valence-electron chi connectivity index (χ0n) is 12.3. The lowest BCUT2D eigenvalue weighted by atomic mass is 10.1. The van der Waals surface area contributed by atoms with E-state index in [0.717, 1.165) is 43.5 Å². The van der Waals surface area contributed by atoms with Crippen molar-refractivity contribution in [1.82, 2.24) is 5.32 Å². The molecule has 0 fully saturated rings. The van der Waals surface area contributed by atoms with E-state index in [-0.39, 0.29) is 11.9 Å². The van der Waals surface area contributed by atoms with Crippen LogP contribution in [-0.2, 0) is 0 Å². The van der Waals surface area contributed by atoms with Crippen molar-refractivity contribution >= 4 is 11.6 Å². The van der Waals surface area contributed by atoms with Gasteiger partial charge in [0.2, 0.25) is 0 Å². The van der Waals surface area contributed by atoms with Crippen molar-refractivity contribution in [3.05, 3.63) is 29.8 Å². The second kappa shape index (κ2) is 8.57. The van der Waals surface area contributed by atoms with E-state index in [2.05, 4.69) is 31.4 Å². The van der Waals surface area contributed by atoms with E-state index in [9.17, 15) is 4.79 Å². The third kappa shape index (κ3) is 5.33. The summed E-state index contributed by atoms with van der Waals surface area (Å²) in [6.45, 7) is 7.23. The molecule has 19 heavy (non-hydrogen) atoms. The molecule has 1 atom stereocenters. The molecule has 2 N–H and O–H groups in total. The van der Waals surface area contributed by atoms with Crippen molar-refractivity contribution in [2.45, 2.75) is 52.5 Å². The molecule has 0 aliphatic carbocycles. The Kier molecular flexibility index (Phi) is 7.01. The molecule has 0 radical (unpaired) electrons. The highest BCUT2D eigenvalue weighted by Gasteiger charge is 2.12. The van der Waals surface area contributed by atoms with Gasteiger partial charge in [-0.25, -0.2) is 0 Å². The zero-order chi connectivity index (χ0) is 14.1. The Bertz CT molecular complexity index is 390. The second-order valence-corrected chi connectivity index (χ2v) is 4.99. The van der Waals surface area contributed by atoms with Gasteiger partial charge in [-0.15, -0.1) is 0 Å². The molecule has 1 amide bonds. The van der Waals surface area contributed by atoms with Crippen molar-refractivity contribution in [2.75, 3.05) is 11.9 Å². The molecular weight excluding hydrogens is 236 g/mol. The Labute approximate surface area is 116 Å². The van der Waals surface area contributed by atoms with Crippen LogP contribution in [0.1, 0.15) is 56.8 Å². The van der Waals surface area contributed by atoms with Crippen LogP contribution in [0.5, 0.6) is 0 Å². The van der Waals surface area contributed by atoms with E-state index in [1.165, 1.54) is 0 Å². The minimum absolute atomic E-state index is 0.0165. The van der Waals surface area contributed by atoms with Crippen LogP contribution in [0.3, 0.4) is 0 Å². The average Bonchev–Trinajstić information content (AvgIpc) is 2.43. The molecule has 0 bridgehead atoms. The summed E-state index contributed by atoms with van der Waals surface area (Å²) in [5.74, 6) is 0.0165. The van der Waals surface area contributed by atoms with Gasteiger partial charge in [0.1, 0.15) is 0 Å². The van der Waals surface area contributed by atoms with Gasteiger partial charge in [-0.1, -0.05) is 38.8 Å². The monoisotopic (exact) mass is 262 g/mol. The number of carbonyl (C=O) groups excluding carboxylic acids is 1. The quantitative estimate of drug-likeness (QED) is 0.748. The van der Waals surface area contributed by atoms with Gasteiger partial charge >= 0.3 is 0 Å². The van der Waals surface area contributed by atoms with Gasteiger partial charge in [-0.05, 0) is 31.9 Å². The third-order valence-corrected chi connectivity index (χ3v) is 3.11. The summed E-state index contributed by atoms with van der Waals surface area (Å²) in [6.07, 6.45) is 4.39. The van der Waals surface area contributed by atoms with Crippen LogP contribution in [0, 0.1) is 0 Å². The highest BCUT2D eigenvalue weighted by molar-refractivity contribution is 5.99. The van der Waals surface area contributed by atoms with Crippen LogP contribution in [0.15, 0.2) is 24.3 Å². The molecule has 0 saturated heterocycles. The molecule has 1 aromatic rings.